The third kappa shape index (κ3) is 2.22. The van der Waals surface area contributed by atoms with Gasteiger partial charge >= 0.3 is 0 Å². The second-order valence-electron chi connectivity index (χ2n) is 5.02. The van der Waals surface area contributed by atoms with E-state index in [0.29, 0.717) is 5.41 Å². The fourth-order valence-electron chi connectivity index (χ4n) is 2.07. The van der Waals surface area contributed by atoms with Crippen LogP contribution in [0.2, 0.25) is 0 Å². The van der Waals surface area contributed by atoms with Crippen LogP contribution >= 0.6 is 0 Å². The first kappa shape index (κ1) is 10.3. The molecule has 2 rings (SSSR count). The largest absolute Gasteiger partial charge is 0.387 e. The van der Waals surface area contributed by atoms with E-state index in [1.807, 2.05) is 19.4 Å². The number of rotatable bonds is 2. The molecule has 0 aliphatic carbocycles. The van der Waals surface area contributed by atoms with Crippen molar-refractivity contribution in [3.63, 3.8) is 0 Å². The molecule has 0 atom stereocenters. The Balaban J connectivity index is 2.16. The molecule has 0 amide bonds. The van der Waals surface area contributed by atoms with Gasteiger partial charge in [0.25, 0.3) is 0 Å². The number of nitrogens with one attached hydrogen (secondary N) is 1. The smallest absolute Gasteiger partial charge is 0.0573 e. The molecular weight excluding hydrogens is 186 g/mol. The van der Waals surface area contributed by atoms with E-state index in [9.17, 15) is 0 Å². The highest BCUT2D eigenvalue weighted by molar-refractivity contribution is 5.55. The van der Waals surface area contributed by atoms with E-state index in [-0.39, 0.29) is 0 Å². The molecule has 0 aromatic carbocycles. The lowest BCUT2D eigenvalue weighted by molar-refractivity contribution is 0.418. The highest BCUT2D eigenvalue weighted by atomic mass is 15.2. The molecule has 1 aromatic heterocycles. The fraction of sp³-hybridized carbons (Fsp3) is 0.583. The molecule has 3 heteroatoms. The van der Waals surface area contributed by atoms with Crippen molar-refractivity contribution in [2.45, 2.75) is 20.3 Å². The summed E-state index contributed by atoms with van der Waals surface area (Å²) in [6, 6.07) is 2.16. The molecule has 1 aromatic rings. The van der Waals surface area contributed by atoms with E-state index in [0.717, 1.165) is 18.8 Å². The summed E-state index contributed by atoms with van der Waals surface area (Å²) in [6.45, 7) is 6.91. The Morgan fingerprint density at radius 2 is 2.20 bits per heavy atom. The van der Waals surface area contributed by atoms with E-state index < -0.39 is 0 Å². The number of aromatic nitrogens is 1. The molecule has 0 radical (unpaired) electrons. The maximum absolute atomic E-state index is 4.24. The van der Waals surface area contributed by atoms with Crippen molar-refractivity contribution >= 4 is 11.4 Å². The van der Waals surface area contributed by atoms with Gasteiger partial charge in [0.15, 0.2) is 0 Å². The topological polar surface area (TPSA) is 28.2 Å². The van der Waals surface area contributed by atoms with Crippen LogP contribution in [0.3, 0.4) is 0 Å². The number of hydrogen-bond donors (Lipinski definition) is 1. The average molecular weight is 205 g/mol. The zero-order valence-electron chi connectivity index (χ0n) is 9.75. The Kier molecular flexibility index (Phi) is 2.55. The van der Waals surface area contributed by atoms with Crippen LogP contribution in [0.4, 0.5) is 11.4 Å². The molecule has 15 heavy (non-hydrogen) atoms. The molecule has 1 aliphatic rings. The standard InChI is InChI=1S/C12H19N3/c1-12(2)4-5-15(9-12)11-6-10(13-3)7-14-8-11/h6-8,13H,4-5,9H2,1-3H3. The Labute approximate surface area is 91.5 Å². The van der Waals surface area contributed by atoms with Gasteiger partial charge in [0.1, 0.15) is 0 Å². The SMILES string of the molecule is CNc1cncc(N2CCC(C)(C)C2)c1. The molecule has 0 saturated carbocycles. The minimum atomic E-state index is 0.440. The van der Waals surface area contributed by atoms with Crippen LogP contribution < -0.4 is 10.2 Å². The molecule has 1 fully saturated rings. The summed E-state index contributed by atoms with van der Waals surface area (Å²) in [5.41, 5.74) is 2.75. The maximum atomic E-state index is 4.24. The van der Waals surface area contributed by atoms with Crippen LogP contribution in [0.25, 0.3) is 0 Å². The Hall–Kier alpha value is -1.25. The van der Waals surface area contributed by atoms with Gasteiger partial charge in [-0.25, -0.2) is 0 Å². The normalized spacial score (nSPS) is 19.3. The first-order valence-electron chi connectivity index (χ1n) is 5.48. The second kappa shape index (κ2) is 3.72. The summed E-state index contributed by atoms with van der Waals surface area (Å²) < 4.78 is 0. The molecule has 82 valence electrons. The minimum absolute atomic E-state index is 0.440. The van der Waals surface area contributed by atoms with Crippen molar-refractivity contribution in [3.8, 4) is 0 Å². The number of anilines is 2. The highest BCUT2D eigenvalue weighted by Crippen LogP contribution is 2.32. The lowest BCUT2D eigenvalue weighted by Gasteiger charge is -2.21. The monoisotopic (exact) mass is 205 g/mol. The summed E-state index contributed by atoms with van der Waals surface area (Å²) in [5, 5.41) is 3.12. The third-order valence-electron chi connectivity index (χ3n) is 3.06. The highest BCUT2D eigenvalue weighted by Gasteiger charge is 2.29. The van der Waals surface area contributed by atoms with E-state index in [2.05, 4.69) is 35.1 Å². The van der Waals surface area contributed by atoms with Crippen LogP contribution in [-0.2, 0) is 0 Å². The molecule has 0 unspecified atom stereocenters. The van der Waals surface area contributed by atoms with E-state index in [4.69, 9.17) is 0 Å². The Morgan fingerprint density at radius 3 is 2.80 bits per heavy atom. The van der Waals surface area contributed by atoms with E-state index >= 15 is 0 Å². The molecule has 0 bridgehead atoms. The molecular formula is C12H19N3. The predicted molar refractivity (Wildman–Crippen MR) is 64.4 cm³/mol. The number of pyridine rings is 1. The zero-order valence-corrected chi connectivity index (χ0v) is 9.75. The van der Waals surface area contributed by atoms with Crippen molar-refractivity contribution < 1.29 is 0 Å². The van der Waals surface area contributed by atoms with Crippen molar-refractivity contribution in [2.24, 2.45) is 5.41 Å². The molecule has 1 N–H and O–H groups in total. The predicted octanol–water partition coefficient (Wildman–Crippen LogP) is 2.36. The lowest BCUT2D eigenvalue weighted by atomic mass is 9.93. The van der Waals surface area contributed by atoms with Gasteiger partial charge in [-0.1, -0.05) is 13.8 Å². The Morgan fingerprint density at radius 1 is 1.40 bits per heavy atom. The van der Waals surface area contributed by atoms with Crippen molar-refractivity contribution in [1.82, 2.24) is 4.98 Å². The van der Waals surface area contributed by atoms with Crippen molar-refractivity contribution in [2.75, 3.05) is 30.4 Å². The quantitative estimate of drug-likeness (QED) is 0.803. The molecule has 3 nitrogen and oxygen atoms in total. The summed E-state index contributed by atoms with van der Waals surface area (Å²) in [5.74, 6) is 0. The molecule has 0 spiro atoms. The van der Waals surface area contributed by atoms with E-state index in [1.54, 1.807) is 0 Å². The van der Waals surface area contributed by atoms with Gasteiger partial charge in [0.05, 0.1) is 23.8 Å². The van der Waals surface area contributed by atoms with Gasteiger partial charge in [0.2, 0.25) is 0 Å². The van der Waals surface area contributed by atoms with Gasteiger partial charge in [-0.2, -0.15) is 0 Å². The first-order chi connectivity index (χ1) is 7.11. The number of nitrogens with zero attached hydrogens (tertiary/aromatic N) is 2. The third-order valence-corrected chi connectivity index (χ3v) is 3.06. The van der Waals surface area contributed by atoms with E-state index in [1.165, 1.54) is 12.1 Å². The first-order valence-corrected chi connectivity index (χ1v) is 5.48. The van der Waals surface area contributed by atoms with Crippen LogP contribution in [0.1, 0.15) is 20.3 Å². The summed E-state index contributed by atoms with van der Waals surface area (Å²) >= 11 is 0. The fourth-order valence-corrected chi connectivity index (χ4v) is 2.07. The van der Waals surface area contributed by atoms with Gasteiger partial charge in [-0.05, 0) is 17.9 Å². The van der Waals surface area contributed by atoms with Gasteiger partial charge in [-0.3, -0.25) is 4.98 Å². The van der Waals surface area contributed by atoms with Crippen molar-refractivity contribution in [3.05, 3.63) is 18.5 Å². The van der Waals surface area contributed by atoms with Crippen LogP contribution in [0.5, 0.6) is 0 Å². The number of hydrogen-bond acceptors (Lipinski definition) is 3. The van der Waals surface area contributed by atoms with Gasteiger partial charge in [0, 0.05) is 20.1 Å². The average Bonchev–Trinajstić information content (AvgIpc) is 2.59. The lowest BCUT2D eigenvalue weighted by Crippen LogP contribution is -2.22. The maximum Gasteiger partial charge on any atom is 0.0573 e. The summed E-state index contributed by atoms with van der Waals surface area (Å²) in [7, 11) is 1.93. The Bertz CT molecular complexity index is 346. The van der Waals surface area contributed by atoms with Crippen LogP contribution in [0, 0.1) is 5.41 Å². The molecule has 2 heterocycles. The van der Waals surface area contributed by atoms with Crippen molar-refractivity contribution in [1.29, 1.82) is 0 Å². The summed E-state index contributed by atoms with van der Waals surface area (Å²) in [6.07, 6.45) is 5.06. The second-order valence-corrected chi connectivity index (χ2v) is 5.02. The zero-order chi connectivity index (χ0) is 10.9. The molecule has 1 aliphatic heterocycles. The van der Waals surface area contributed by atoms with Gasteiger partial charge in [-0.15, -0.1) is 0 Å². The minimum Gasteiger partial charge on any atom is -0.387 e. The van der Waals surface area contributed by atoms with Crippen LogP contribution in [0.15, 0.2) is 18.5 Å². The molecule has 1 saturated heterocycles. The summed E-state index contributed by atoms with van der Waals surface area (Å²) in [4.78, 5) is 6.65. The van der Waals surface area contributed by atoms with Crippen LogP contribution in [-0.4, -0.2) is 25.1 Å². The van der Waals surface area contributed by atoms with Gasteiger partial charge < -0.3 is 10.2 Å².